The number of benzene rings is 1. The minimum atomic E-state index is 0.859. The molecule has 2 nitrogen and oxygen atoms in total. The van der Waals surface area contributed by atoms with Crippen LogP contribution in [-0.2, 0) is 0 Å². The van der Waals surface area contributed by atoms with Crippen molar-refractivity contribution in [3.05, 3.63) is 23.8 Å². The first-order valence-corrected chi connectivity index (χ1v) is 7.34. The molecule has 0 heterocycles. The lowest BCUT2D eigenvalue weighted by Gasteiger charge is -2.09. The highest BCUT2D eigenvalue weighted by atomic mass is 14.9. The molecule has 0 aromatic heterocycles. The first-order chi connectivity index (χ1) is 8.74. The van der Waals surface area contributed by atoms with E-state index in [1.165, 1.54) is 50.5 Å². The molecule has 0 fully saturated rings. The van der Waals surface area contributed by atoms with Gasteiger partial charge in [-0.3, -0.25) is 0 Å². The van der Waals surface area contributed by atoms with Crippen LogP contribution in [0, 0.1) is 6.92 Å². The van der Waals surface area contributed by atoms with Gasteiger partial charge in [0.25, 0.3) is 0 Å². The number of nitrogens with two attached hydrogens (primary N) is 1. The Morgan fingerprint density at radius 2 is 1.67 bits per heavy atom. The minimum Gasteiger partial charge on any atom is -0.397 e. The largest absolute Gasteiger partial charge is 0.397 e. The highest BCUT2D eigenvalue weighted by Crippen LogP contribution is 2.19. The zero-order valence-corrected chi connectivity index (χ0v) is 12.0. The van der Waals surface area contributed by atoms with Crippen molar-refractivity contribution in [2.24, 2.45) is 0 Å². The second-order valence-electron chi connectivity index (χ2n) is 5.14. The molecule has 1 rings (SSSR count). The number of nitrogen functional groups attached to an aromatic ring is 1. The number of rotatable bonds is 9. The fourth-order valence-corrected chi connectivity index (χ4v) is 2.15. The predicted octanol–water partition coefficient (Wildman–Crippen LogP) is 4.74. The molecular weight excluding hydrogens is 220 g/mol. The summed E-state index contributed by atoms with van der Waals surface area (Å²) in [5, 5.41) is 3.42. The molecule has 18 heavy (non-hydrogen) atoms. The van der Waals surface area contributed by atoms with Crippen molar-refractivity contribution in [2.75, 3.05) is 17.6 Å². The number of hydrogen-bond acceptors (Lipinski definition) is 2. The molecule has 0 saturated carbocycles. The van der Waals surface area contributed by atoms with Crippen LogP contribution in [0.15, 0.2) is 18.2 Å². The molecule has 0 amide bonds. The van der Waals surface area contributed by atoms with Gasteiger partial charge in [-0.05, 0) is 31.0 Å². The second-order valence-corrected chi connectivity index (χ2v) is 5.14. The van der Waals surface area contributed by atoms with E-state index in [4.69, 9.17) is 5.73 Å². The Hall–Kier alpha value is -1.18. The molecule has 0 saturated heterocycles. The number of nitrogens with one attached hydrogen (secondary N) is 1. The van der Waals surface area contributed by atoms with Crippen LogP contribution in [-0.4, -0.2) is 6.54 Å². The SMILES string of the molecule is CCCCCCCCCNc1ccc(C)cc1N. The van der Waals surface area contributed by atoms with Crippen LogP contribution in [0.4, 0.5) is 11.4 Å². The van der Waals surface area contributed by atoms with Crippen LogP contribution >= 0.6 is 0 Å². The normalized spacial score (nSPS) is 10.6. The number of anilines is 2. The summed E-state index contributed by atoms with van der Waals surface area (Å²) >= 11 is 0. The highest BCUT2D eigenvalue weighted by molar-refractivity contribution is 5.66. The van der Waals surface area contributed by atoms with E-state index in [-0.39, 0.29) is 0 Å². The van der Waals surface area contributed by atoms with Gasteiger partial charge in [0.15, 0.2) is 0 Å². The number of aryl methyl sites for hydroxylation is 1. The third-order valence-corrected chi connectivity index (χ3v) is 3.30. The monoisotopic (exact) mass is 248 g/mol. The van der Waals surface area contributed by atoms with Crippen molar-refractivity contribution in [1.29, 1.82) is 0 Å². The van der Waals surface area contributed by atoms with Gasteiger partial charge in [0, 0.05) is 6.54 Å². The van der Waals surface area contributed by atoms with E-state index in [2.05, 4.69) is 31.3 Å². The van der Waals surface area contributed by atoms with Crippen LogP contribution in [0.3, 0.4) is 0 Å². The maximum atomic E-state index is 5.95. The Labute approximate surface area is 112 Å². The van der Waals surface area contributed by atoms with Crippen LogP contribution in [0.1, 0.15) is 57.4 Å². The molecule has 0 aliphatic rings. The maximum absolute atomic E-state index is 5.95. The molecule has 102 valence electrons. The summed E-state index contributed by atoms with van der Waals surface area (Å²) in [5.41, 5.74) is 9.11. The van der Waals surface area contributed by atoms with E-state index in [0.717, 1.165) is 17.9 Å². The Balaban J connectivity index is 2.07. The average molecular weight is 248 g/mol. The molecule has 0 aliphatic carbocycles. The van der Waals surface area contributed by atoms with Gasteiger partial charge in [0.05, 0.1) is 11.4 Å². The van der Waals surface area contributed by atoms with Crippen molar-refractivity contribution in [1.82, 2.24) is 0 Å². The molecule has 0 atom stereocenters. The molecule has 3 N–H and O–H groups in total. The summed E-state index contributed by atoms with van der Waals surface area (Å²) in [5.74, 6) is 0. The zero-order valence-electron chi connectivity index (χ0n) is 12.0. The molecule has 1 aromatic carbocycles. The van der Waals surface area contributed by atoms with E-state index >= 15 is 0 Å². The van der Waals surface area contributed by atoms with Crippen LogP contribution in [0.25, 0.3) is 0 Å². The van der Waals surface area contributed by atoms with E-state index in [0.29, 0.717) is 0 Å². The van der Waals surface area contributed by atoms with E-state index in [9.17, 15) is 0 Å². The van der Waals surface area contributed by atoms with Crippen molar-refractivity contribution in [2.45, 2.75) is 58.8 Å². The fourth-order valence-electron chi connectivity index (χ4n) is 2.15. The van der Waals surface area contributed by atoms with Gasteiger partial charge >= 0.3 is 0 Å². The molecule has 1 aromatic rings. The summed E-state index contributed by atoms with van der Waals surface area (Å²) in [4.78, 5) is 0. The van der Waals surface area contributed by atoms with E-state index in [1.807, 2.05) is 6.07 Å². The molecular formula is C16H28N2. The fraction of sp³-hybridized carbons (Fsp3) is 0.625. The summed E-state index contributed by atoms with van der Waals surface area (Å²) in [6.07, 6.45) is 9.43. The molecule has 0 bridgehead atoms. The van der Waals surface area contributed by atoms with Gasteiger partial charge in [0.2, 0.25) is 0 Å². The van der Waals surface area contributed by atoms with Gasteiger partial charge in [0.1, 0.15) is 0 Å². The quantitative estimate of drug-likeness (QED) is 0.489. The molecule has 0 unspecified atom stereocenters. The van der Waals surface area contributed by atoms with Crippen molar-refractivity contribution >= 4 is 11.4 Å². The highest BCUT2D eigenvalue weighted by Gasteiger charge is 1.98. The van der Waals surface area contributed by atoms with Crippen LogP contribution in [0.2, 0.25) is 0 Å². The third-order valence-electron chi connectivity index (χ3n) is 3.30. The van der Waals surface area contributed by atoms with Gasteiger partial charge in [-0.2, -0.15) is 0 Å². The third kappa shape index (κ3) is 5.95. The first kappa shape index (κ1) is 14.9. The van der Waals surface area contributed by atoms with Crippen LogP contribution < -0.4 is 11.1 Å². The maximum Gasteiger partial charge on any atom is 0.0574 e. The predicted molar refractivity (Wildman–Crippen MR) is 82.1 cm³/mol. The van der Waals surface area contributed by atoms with Gasteiger partial charge < -0.3 is 11.1 Å². The second kappa shape index (κ2) is 8.84. The zero-order chi connectivity index (χ0) is 13.2. The summed E-state index contributed by atoms with van der Waals surface area (Å²) < 4.78 is 0. The van der Waals surface area contributed by atoms with Crippen molar-refractivity contribution in [3.8, 4) is 0 Å². The minimum absolute atomic E-state index is 0.859. The summed E-state index contributed by atoms with van der Waals surface area (Å²) in [6.45, 7) is 5.35. The standard InChI is InChI=1S/C16H28N2/c1-3-4-5-6-7-8-9-12-18-16-11-10-14(2)13-15(16)17/h10-11,13,18H,3-9,12,17H2,1-2H3. The summed E-state index contributed by atoms with van der Waals surface area (Å²) in [7, 11) is 0. The van der Waals surface area contributed by atoms with E-state index in [1.54, 1.807) is 0 Å². The van der Waals surface area contributed by atoms with Gasteiger partial charge in [-0.15, -0.1) is 0 Å². The number of unbranched alkanes of at least 4 members (excludes halogenated alkanes) is 6. The van der Waals surface area contributed by atoms with Crippen LogP contribution in [0.5, 0.6) is 0 Å². The van der Waals surface area contributed by atoms with Crippen molar-refractivity contribution < 1.29 is 0 Å². The topological polar surface area (TPSA) is 38.0 Å². The Kier molecular flexibility index (Phi) is 7.31. The summed E-state index contributed by atoms with van der Waals surface area (Å²) in [6, 6.07) is 6.20. The van der Waals surface area contributed by atoms with Gasteiger partial charge in [-0.1, -0.05) is 51.5 Å². The first-order valence-electron chi connectivity index (χ1n) is 7.34. The lowest BCUT2D eigenvalue weighted by molar-refractivity contribution is 0.596. The van der Waals surface area contributed by atoms with Crippen molar-refractivity contribution in [3.63, 3.8) is 0 Å². The van der Waals surface area contributed by atoms with Gasteiger partial charge in [-0.25, -0.2) is 0 Å². The lowest BCUT2D eigenvalue weighted by atomic mass is 10.1. The Morgan fingerprint density at radius 3 is 2.33 bits per heavy atom. The average Bonchev–Trinajstić information content (AvgIpc) is 2.35. The van der Waals surface area contributed by atoms with E-state index < -0.39 is 0 Å². The Bertz CT molecular complexity index is 334. The smallest absolute Gasteiger partial charge is 0.0574 e. The molecule has 0 spiro atoms. The molecule has 2 heteroatoms. The lowest BCUT2D eigenvalue weighted by Crippen LogP contribution is -2.04. The number of hydrogen-bond donors (Lipinski definition) is 2. The molecule has 0 radical (unpaired) electrons. The Morgan fingerprint density at radius 1 is 1.00 bits per heavy atom. The molecule has 0 aliphatic heterocycles.